The number of benzene rings is 1. The first-order valence-electron chi connectivity index (χ1n) is 7.29. The maximum Gasteiger partial charge on any atom is 0.179 e. The van der Waals surface area contributed by atoms with Crippen molar-refractivity contribution in [2.45, 2.75) is 36.3 Å². The van der Waals surface area contributed by atoms with Crippen molar-refractivity contribution in [2.24, 2.45) is 5.92 Å². The van der Waals surface area contributed by atoms with Crippen LogP contribution in [0, 0.1) is 5.92 Å². The zero-order chi connectivity index (χ0) is 16.4. The van der Waals surface area contributed by atoms with Crippen LogP contribution in [0.2, 0.25) is 0 Å². The number of rotatable bonds is 6. The molecule has 1 aliphatic carbocycles. The molecule has 1 aromatic rings. The third-order valence-electron chi connectivity index (χ3n) is 3.98. The third-order valence-corrected chi connectivity index (χ3v) is 6.85. The highest BCUT2D eigenvalue weighted by Crippen LogP contribution is 2.28. The van der Waals surface area contributed by atoms with Crippen molar-refractivity contribution in [1.82, 2.24) is 0 Å². The molecule has 0 spiro atoms. The summed E-state index contributed by atoms with van der Waals surface area (Å²) in [7, 11) is -5.31. The molecule has 1 aliphatic rings. The lowest BCUT2D eigenvalue weighted by atomic mass is 10.1. The van der Waals surface area contributed by atoms with Gasteiger partial charge in [0.25, 0.3) is 0 Å². The molecule has 1 aromatic carbocycles. The van der Waals surface area contributed by atoms with Crippen LogP contribution in [0.3, 0.4) is 0 Å². The predicted octanol–water partition coefficient (Wildman–Crippen LogP) is 2.20. The fraction of sp³-hybridized carbons (Fsp3) is 0.600. The van der Waals surface area contributed by atoms with Crippen molar-refractivity contribution >= 4 is 19.7 Å². The van der Waals surface area contributed by atoms with Crippen LogP contribution in [0.4, 0.5) is 0 Å². The van der Waals surface area contributed by atoms with Crippen molar-refractivity contribution in [2.75, 3.05) is 19.1 Å². The van der Waals surface area contributed by atoms with Crippen LogP contribution in [0.5, 0.6) is 5.75 Å². The van der Waals surface area contributed by atoms with Crippen molar-refractivity contribution in [3.8, 4) is 5.75 Å². The van der Waals surface area contributed by atoms with E-state index >= 15 is 0 Å². The van der Waals surface area contributed by atoms with E-state index < -0.39 is 19.7 Å². The average molecular weight is 346 g/mol. The largest absolute Gasteiger partial charge is 0.495 e. The Labute approximate surface area is 132 Å². The van der Waals surface area contributed by atoms with E-state index in [0.717, 1.165) is 31.9 Å². The van der Waals surface area contributed by atoms with E-state index in [9.17, 15) is 16.8 Å². The van der Waals surface area contributed by atoms with Crippen molar-refractivity contribution in [3.05, 3.63) is 23.8 Å². The van der Waals surface area contributed by atoms with Gasteiger partial charge in [0.15, 0.2) is 19.7 Å². The molecule has 22 heavy (non-hydrogen) atoms. The topological polar surface area (TPSA) is 77.5 Å². The number of methoxy groups -OCH3 is 1. The Balaban J connectivity index is 2.22. The average Bonchev–Trinajstić information content (AvgIpc) is 2.89. The van der Waals surface area contributed by atoms with Crippen LogP contribution in [0.15, 0.2) is 23.1 Å². The monoisotopic (exact) mass is 346 g/mol. The van der Waals surface area contributed by atoms with Gasteiger partial charge >= 0.3 is 0 Å². The summed E-state index contributed by atoms with van der Waals surface area (Å²) in [5.41, 5.74) is 0.485. The lowest BCUT2D eigenvalue weighted by molar-refractivity contribution is 0.402. The van der Waals surface area contributed by atoms with Gasteiger partial charge in [-0.15, -0.1) is 0 Å². The minimum absolute atomic E-state index is 0.0311. The molecule has 0 unspecified atom stereocenters. The van der Waals surface area contributed by atoms with Crippen LogP contribution in [-0.2, 0) is 25.4 Å². The molecule has 0 radical (unpaired) electrons. The smallest absolute Gasteiger partial charge is 0.179 e. The van der Waals surface area contributed by atoms with E-state index in [1.807, 2.05) is 0 Å². The molecule has 2 rings (SSSR count). The molecular formula is C15H22O5S2. The molecule has 0 aliphatic heterocycles. The van der Waals surface area contributed by atoms with Crippen molar-refractivity contribution in [3.63, 3.8) is 0 Å². The maximum absolute atomic E-state index is 12.3. The van der Waals surface area contributed by atoms with E-state index in [1.54, 1.807) is 6.07 Å². The van der Waals surface area contributed by atoms with E-state index in [0.29, 0.717) is 5.56 Å². The number of sulfone groups is 2. The molecule has 1 saturated carbocycles. The van der Waals surface area contributed by atoms with Gasteiger partial charge in [-0.2, -0.15) is 0 Å². The summed E-state index contributed by atoms with van der Waals surface area (Å²) in [6.07, 6.45) is 5.22. The van der Waals surface area contributed by atoms with Gasteiger partial charge in [-0.3, -0.25) is 0 Å². The Morgan fingerprint density at radius 2 is 1.77 bits per heavy atom. The summed E-state index contributed by atoms with van der Waals surface area (Å²) in [5, 5.41) is 0. The van der Waals surface area contributed by atoms with Gasteiger partial charge in [-0.25, -0.2) is 16.8 Å². The SMILES string of the molecule is COc1ccc(CS(=O)(=O)CC2CCCC2)cc1S(C)(=O)=O. The second kappa shape index (κ2) is 6.58. The lowest BCUT2D eigenvalue weighted by Gasteiger charge is -2.12. The molecule has 0 atom stereocenters. The summed E-state index contributed by atoms with van der Waals surface area (Å²) in [4.78, 5) is 0.0311. The number of hydrogen-bond acceptors (Lipinski definition) is 5. The van der Waals surface area contributed by atoms with E-state index in [1.165, 1.54) is 19.2 Å². The molecule has 124 valence electrons. The highest BCUT2D eigenvalue weighted by atomic mass is 32.2. The first-order valence-corrected chi connectivity index (χ1v) is 11.0. The number of hydrogen-bond donors (Lipinski definition) is 0. The van der Waals surface area contributed by atoms with Gasteiger partial charge in [-0.1, -0.05) is 18.9 Å². The van der Waals surface area contributed by atoms with Gasteiger partial charge in [-0.05, 0) is 36.5 Å². The predicted molar refractivity (Wildman–Crippen MR) is 85.6 cm³/mol. The first-order chi connectivity index (χ1) is 10.2. The summed E-state index contributed by atoms with van der Waals surface area (Å²) in [6.45, 7) is 0. The summed E-state index contributed by atoms with van der Waals surface area (Å²) >= 11 is 0. The quantitative estimate of drug-likeness (QED) is 0.789. The first kappa shape index (κ1) is 17.3. The minimum Gasteiger partial charge on any atom is -0.495 e. The van der Waals surface area contributed by atoms with E-state index in [4.69, 9.17) is 4.74 Å². The number of ether oxygens (including phenoxy) is 1. The fourth-order valence-electron chi connectivity index (χ4n) is 2.95. The normalized spacial score (nSPS) is 16.8. The standard InChI is InChI=1S/C15H22O5S2/c1-20-14-8-7-13(9-15(14)21(2,16)17)11-22(18,19)10-12-5-3-4-6-12/h7-9,12H,3-6,10-11H2,1-2H3. The molecule has 0 heterocycles. The third kappa shape index (κ3) is 4.46. The van der Waals surface area contributed by atoms with Crippen LogP contribution in [-0.4, -0.2) is 36.0 Å². The molecule has 0 bridgehead atoms. The second-order valence-electron chi connectivity index (χ2n) is 5.96. The van der Waals surface area contributed by atoms with Crippen LogP contribution >= 0.6 is 0 Å². The van der Waals surface area contributed by atoms with E-state index in [2.05, 4.69) is 0 Å². The summed E-state index contributed by atoms with van der Waals surface area (Å²) in [5.74, 6) is 0.542. The molecule has 0 saturated heterocycles. The van der Waals surface area contributed by atoms with Crippen molar-refractivity contribution < 1.29 is 21.6 Å². The Hall–Kier alpha value is -1.08. The molecule has 7 heteroatoms. The molecule has 0 amide bonds. The van der Waals surface area contributed by atoms with Gasteiger partial charge in [0.05, 0.1) is 18.6 Å². The zero-order valence-electron chi connectivity index (χ0n) is 12.9. The van der Waals surface area contributed by atoms with Crippen LogP contribution < -0.4 is 4.74 Å². The molecule has 0 aromatic heterocycles. The highest BCUT2D eigenvalue weighted by molar-refractivity contribution is 7.91. The molecule has 0 N–H and O–H groups in total. The zero-order valence-corrected chi connectivity index (χ0v) is 14.5. The molecule has 1 fully saturated rings. The lowest BCUT2D eigenvalue weighted by Crippen LogP contribution is -2.16. The van der Waals surface area contributed by atoms with E-state index in [-0.39, 0.29) is 28.1 Å². The van der Waals surface area contributed by atoms with Crippen LogP contribution in [0.25, 0.3) is 0 Å². The van der Waals surface area contributed by atoms with Crippen LogP contribution in [0.1, 0.15) is 31.2 Å². The van der Waals surface area contributed by atoms with Crippen molar-refractivity contribution in [1.29, 1.82) is 0 Å². The highest BCUT2D eigenvalue weighted by Gasteiger charge is 2.24. The maximum atomic E-state index is 12.3. The molecular weight excluding hydrogens is 324 g/mol. The van der Waals surface area contributed by atoms with Gasteiger partial charge < -0.3 is 4.74 Å². The molecule has 5 nitrogen and oxygen atoms in total. The minimum atomic E-state index is -3.47. The Bertz CT molecular complexity index is 729. The van der Waals surface area contributed by atoms with Gasteiger partial charge in [0.1, 0.15) is 10.6 Å². The van der Waals surface area contributed by atoms with Gasteiger partial charge in [0, 0.05) is 6.26 Å². The second-order valence-corrected chi connectivity index (χ2v) is 10.1. The summed E-state index contributed by atoms with van der Waals surface area (Å²) < 4.78 is 53.2. The summed E-state index contributed by atoms with van der Waals surface area (Å²) in [6, 6.07) is 4.52. The Morgan fingerprint density at radius 1 is 1.14 bits per heavy atom. The Kier molecular flexibility index (Phi) is 5.17. The van der Waals surface area contributed by atoms with Gasteiger partial charge in [0.2, 0.25) is 0 Å². The Morgan fingerprint density at radius 3 is 2.32 bits per heavy atom. The fourth-order valence-corrected chi connectivity index (χ4v) is 5.69.